The van der Waals surface area contributed by atoms with Gasteiger partial charge in [-0.25, -0.2) is 14.8 Å². The Hall–Kier alpha value is -3.37. The number of rotatable bonds is 8. The molecule has 1 aliphatic heterocycles. The fraction of sp³-hybridized carbons (Fsp3) is 0.481. The molecule has 4 rings (SSSR count). The van der Waals surface area contributed by atoms with Crippen LogP contribution in [0.4, 0.5) is 10.6 Å². The summed E-state index contributed by atoms with van der Waals surface area (Å²) in [5, 5.41) is 10.9. The van der Waals surface area contributed by atoms with Gasteiger partial charge >= 0.3 is 6.09 Å². The van der Waals surface area contributed by atoms with Gasteiger partial charge in [0.05, 0.1) is 5.39 Å². The number of alkyl carbamates (subject to hydrolysis) is 1. The van der Waals surface area contributed by atoms with Crippen molar-refractivity contribution in [3.8, 4) is 0 Å². The Kier molecular flexibility index (Phi) is 8.42. The largest absolute Gasteiger partial charge is 0.444 e. The number of fused-ring (bicyclic) bond motifs is 1. The summed E-state index contributed by atoms with van der Waals surface area (Å²) in [6.45, 7) is 6.90. The van der Waals surface area contributed by atoms with E-state index in [0.717, 1.165) is 22.4 Å². The molecule has 1 aliphatic rings. The summed E-state index contributed by atoms with van der Waals surface area (Å²) < 4.78 is 5.51. The van der Waals surface area contributed by atoms with E-state index >= 15 is 0 Å². The van der Waals surface area contributed by atoms with Crippen LogP contribution in [0.2, 0.25) is 5.02 Å². The minimum Gasteiger partial charge on any atom is -0.444 e. The zero-order valence-electron chi connectivity index (χ0n) is 22.3. The van der Waals surface area contributed by atoms with Crippen LogP contribution in [0, 0.1) is 0 Å². The van der Waals surface area contributed by atoms with Crippen molar-refractivity contribution in [2.75, 3.05) is 31.6 Å². The SMILES string of the molecule is CNC(CCNC(=O)C1(NC(=O)OC(C)(C)C)CCN(c2ncnc3[nH]ccc23)CC1)c1ccc(Cl)cc1. The first-order chi connectivity index (χ1) is 18.1. The van der Waals surface area contributed by atoms with E-state index in [1.807, 2.05) is 43.6 Å². The van der Waals surface area contributed by atoms with Gasteiger partial charge < -0.3 is 30.6 Å². The van der Waals surface area contributed by atoms with Crippen LogP contribution in [-0.4, -0.2) is 64.8 Å². The topological polar surface area (TPSA) is 124 Å². The summed E-state index contributed by atoms with van der Waals surface area (Å²) in [7, 11) is 1.89. The lowest BCUT2D eigenvalue weighted by Crippen LogP contribution is -2.64. The number of aromatic amines is 1. The molecule has 1 fully saturated rings. The number of nitrogens with one attached hydrogen (secondary N) is 4. The smallest absolute Gasteiger partial charge is 0.408 e. The molecule has 0 spiro atoms. The van der Waals surface area contributed by atoms with Crippen LogP contribution in [0.1, 0.15) is 51.6 Å². The van der Waals surface area contributed by atoms with Crippen LogP contribution < -0.4 is 20.9 Å². The molecule has 1 unspecified atom stereocenters. The van der Waals surface area contributed by atoms with Crippen LogP contribution in [-0.2, 0) is 9.53 Å². The van der Waals surface area contributed by atoms with Crippen molar-refractivity contribution in [3.63, 3.8) is 0 Å². The van der Waals surface area contributed by atoms with Crippen LogP contribution in [0.3, 0.4) is 0 Å². The number of aromatic nitrogens is 3. The van der Waals surface area contributed by atoms with E-state index in [9.17, 15) is 9.59 Å². The molecule has 1 atom stereocenters. The second kappa shape index (κ2) is 11.6. The Bertz CT molecular complexity index is 1250. The fourth-order valence-corrected chi connectivity index (χ4v) is 4.92. The van der Waals surface area contributed by atoms with E-state index in [0.29, 0.717) is 43.9 Å². The molecule has 2 amide bonds. The van der Waals surface area contributed by atoms with Gasteiger partial charge in [-0.3, -0.25) is 4.79 Å². The average Bonchev–Trinajstić information content (AvgIpc) is 3.36. The highest BCUT2D eigenvalue weighted by Crippen LogP contribution is 2.30. The molecule has 1 aromatic carbocycles. The summed E-state index contributed by atoms with van der Waals surface area (Å²) in [4.78, 5) is 40.4. The van der Waals surface area contributed by atoms with Crippen molar-refractivity contribution in [2.45, 2.75) is 57.2 Å². The molecule has 11 heteroatoms. The van der Waals surface area contributed by atoms with Crippen molar-refractivity contribution in [2.24, 2.45) is 0 Å². The van der Waals surface area contributed by atoms with Crippen molar-refractivity contribution in [3.05, 3.63) is 53.4 Å². The first kappa shape index (κ1) is 27.7. The van der Waals surface area contributed by atoms with Gasteiger partial charge in [0.2, 0.25) is 5.91 Å². The number of piperidine rings is 1. The quantitative estimate of drug-likeness (QED) is 0.340. The lowest BCUT2D eigenvalue weighted by Gasteiger charge is -2.41. The highest BCUT2D eigenvalue weighted by atomic mass is 35.5. The maximum Gasteiger partial charge on any atom is 0.408 e. The van der Waals surface area contributed by atoms with E-state index < -0.39 is 17.2 Å². The Morgan fingerprint density at radius 1 is 1.16 bits per heavy atom. The van der Waals surface area contributed by atoms with Gasteiger partial charge in [0, 0.05) is 36.9 Å². The number of halogens is 1. The summed E-state index contributed by atoms with van der Waals surface area (Å²) in [6, 6.07) is 9.64. The number of hydrogen-bond donors (Lipinski definition) is 4. The number of anilines is 1. The fourth-order valence-electron chi connectivity index (χ4n) is 4.79. The van der Waals surface area contributed by atoms with Crippen LogP contribution >= 0.6 is 11.6 Å². The standard InChI is InChI=1S/C27H36ClN7O3/c1-26(2,3)38-25(37)34-27(24(36)31-14-10-21(29-4)18-5-7-19(28)8-6-18)11-15-35(16-12-27)23-20-9-13-30-22(20)32-17-33-23/h5-9,13,17,21,29H,10-12,14-16H2,1-4H3,(H,31,36)(H,34,37)(H,30,32,33). The molecule has 0 aliphatic carbocycles. The van der Waals surface area contributed by atoms with Crippen LogP contribution in [0.15, 0.2) is 42.9 Å². The average molecular weight is 542 g/mol. The third-order valence-electron chi connectivity index (χ3n) is 6.76. The summed E-state index contributed by atoms with van der Waals surface area (Å²) >= 11 is 6.03. The zero-order valence-corrected chi connectivity index (χ0v) is 23.1. The second-order valence-corrected chi connectivity index (χ2v) is 11.0. The van der Waals surface area contributed by atoms with E-state index in [1.54, 1.807) is 20.8 Å². The zero-order chi connectivity index (χ0) is 27.3. The van der Waals surface area contributed by atoms with Crippen LogP contribution in [0.25, 0.3) is 11.0 Å². The van der Waals surface area contributed by atoms with Gasteiger partial charge in [0.15, 0.2) is 0 Å². The Morgan fingerprint density at radius 2 is 1.87 bits per heavy atom. The van der Waals surface area contributed by atoms with E-state index in [-0.39, 0.29) is 11.9 Å². The molecule has 38 heavy (non-hydrogen) atoms. The Morgan fingerprint density at radius 3 is 2.53 bits per heavy atom. The van der Waals surface area contributed by atoms with Crippen molar-refractivity contribution < 1.29 is 14.3 Å². The molecule has 4 N–H and O–H groups in total. The number of amides is 2. The van der Waals surface area contributed by atoms with Crippen LogP contribution in [0.5, 0.6) is 0 Å². The van der Waals surface area contributed by atoms with Gasteiger partial charge in [-0.15, -0.1) is 0 Å². The highest BCUT2D eigenvalue weighted by Gasteiger charge is 2.44. The predicted octanol–water partition coefficient (Wildman–Crippen LogP) is 3.94. The number of benzene rings is 1. The van der Waals surface area contributed by atoms with Gasteiger partial charge in [-0.05, 0) is 70.8 Å². The minimum absolute atomic E-state index is 0.0469. The highest BCUT2D eigenvalue weighted by molar-refractivity contribution is 6.30. The van der Waals surface area contributed by atoms with Crippen molar-refractivity contribution in [1.82, 2.24) is 30.9 Å². The number of hydrogen-bond acceptors (Lipinski definition) is 7. The maximum absolute atomic E-state index is 13.6. The molecule has 3 heterocycles. The van der Waals surface area contributed by atoms with Crippen molar-refractivity contribution >= 4 is 40.5 Å². The van der Waals surface area contributed by atoms with Gasteiger partial charge in [0.25, 0.3) is 0 Å². The molecule has 2 aromatic heterocycles. The molecule has 3 aromatic rings. The number of carbonyl (C=O) groups is 2. The molecule has 0 saturated carbocycles. The third kappa shape index (κ3) is 6.54. The normalized spacial score (nSPS) is 16.2. The van der Waals surface area contributed by atoms with Gasteiger partial charge in [-0.2, -0.15) is 0 Å². The molecule has 1 saturated heterocycles. The molecule has 0 bridgehead atoms. The third-order valence-corrected chi connectivity index (χ3v) is 7.02. The maximum atomic E-state index is 13.6. The number of ether oxygens (including phenoxy) is 1. The molecule has 0 radical (unpaired) electrons. The predicted molar refractivity (Wildman–Crippen MR) is 148 cm³/mol. The lowest BCUT2D eigenvalue weighted by atomic mass is 9.86. The summed E-state index contributed by atoms with van der Waals surface area (Å²) in [6.07, 6.45) is 4.23. The number of nitrogens with zero attached hydrogens (tertiary/aromatic N) is 3. The molecular formula is C27H36ClN7O3. The molecular weight excluding hydrogens is 506 g/mol. The second-order valence-electron chi connectivity index (χ2n) is 10.6. The van der Waals surface area contributed by atoms with Crippen molar-refractivity contribution in [1.29, 1.82) is 0 Å². The van der Waals surface area contributed by atoms with E-state index in [4.69, 9.17) is 16.3 Å². The minimum atomic E-state index is -1.10. The molecule has 204 valence electrons. The number of H-pyrrole nitrogens is 1. The lowest BCUT2D eigenvalue weighted by molar-refractivity contribution is -0.128. The first-order valence-electron chi connectivity index (χ1n) is 12.9. The van der Waals surface area contributed by atoms with E-state index in [1.165, 1.54) is 6.33 Å². The summed E-state index contributed by atoms with van der Waals surface area (Å²) in [5.41, 5.74) is 0.0682. The van der Waals surface area contributed by atoms with Gasteiger partial charge in [0.1, 0.15) is 28.9 Å². The number of carbonyl (C=O) groups excluding carboxylic acids is 2. The summed E-state index contributed by atoms with van der Waals surface area (Å²) in [5.74, 6) is 0.589. The Balaban J connectivity index is 1.45. The monoisotopic (exact) mass is 541 g/mol. The van der Waals surface area contributed by atoms with E-state index in [2.05, 4.69) is 35.8 Å². The Labute approximate surface area is 227 Å². The van der Waals surface area contributed by atoms with Gasteiger partial charge in [-0.1, -0.05) is 23.7 Å². The molecule has 10 nitrogen and oxygen atoms in total. The first-order valence-corrected chi connectivity index (χ1v) is 13.2.